The van der Waals surface area contributed by atoms with Gasteiger partial charge in [0, 0.05) is 19.6 Å². The minimum absolute atomic E-state index is 0.796. The van der Waals surface area contributed by atoms with Crippen LogP contribution >= 0.6 is 0 Å². The van der Waals surface area contributed by atoms with E-state index in [1.807, 2.05) is 6.07 Å². The topological polar surface area (TPSA) is 21.7 Å². The number of rotatable bonds is 6. The van der Waals surface area contributed by atoms with Gasteiger partial charge in [0.05, 0.1) is 19.8 Å². The molecule has 1 heterocycles. The van der Waals surface area contributed by atoms with Gasteiger partial charge < -0.3 is 9.47 Å². The Kier molecular flexibility index (Phi) is 5.49. The van der Waals surface area contributed by atoms with Crippen LogP contribution in [0, 0.1) is 0 Å². The second-order valence-corrected chi connectivity index (χ2v) is 4.66. The van der Waals surface area contributed by atoms with E-state index >= 15 is 0 Å². The van der Waals surface area contributed by atoms with E-state index in [4.69, 9.17) is 9.47 Å². The molecule has 0 aromatic heterocycles. The van der Waals surface area contributed by atoms with Gasteiger partial charge in [0.1, 0.15) is 5.75 Å². The van der Waals surface area contributed by atoms with E-state index < -0.39 is 0 Å². The second kappa shape index (κ2) is 7.39. The Bertz CT molecular complexity index is 348. The maximum absolute atomic E-state index is 5.78. The number of nitrogens with zero attached hydrogens (tertiary/aromatic N) is 1. The molecule has 2 rings (SSSR count). The molecule has 0 saturated carbocycles. The van der Waals surface area contributed by atoms with Crippen molar-refractivity contribution in [2.45, 2.75) is 19.8 Å². The molecule has 1 aliphatic rings. The van der Waals surface area contributed by atoms with Crippen LogP contribution in [0.25, 0.3) is 0 Å². The summed E-state index contributed by atoms with van der Waals surface area (Å²) in [6.45, 7) is 7.94. The van der Waals surface area contributed by atoms with Gasteiger partial charge >= 0.3 is 0 Å². The zero-order valence-corrected chi connectivity index (χ0v) is 11.2. The van der Waals surface area contributed by atoms with Crippen LogP contribution in [0.15, 0.2) is 24.3 Å². The van der Waals surface area contributed by atoms with Gasteiger partial charge in [-0.25, -0.2) is 0 Å². The predicted octanol–water partition coefficient (Wildman–Crippen LogP) is 2.35. The van der Waals surface area contributed by atoms with Crippen LogP contribution in [0.2, 0.25) is 0 Å². The molecular weight excluding hydrogens is 226 g/mol. The molecule has 1 aromatic rings. The quantitative estimate of drug-likeness (QED) is 0.722. The van der Waals surface area contributed by atoms with Crippen LogP contribution in [0.4, 0.5) is 0 Å². The molecule has 0 atom stereocenters. The van der Waals surface area contributed by atoms with Crippen molar-refractivity contribution in [2.75, 3.05) is 39.5 Å². The van der Waals surface area contributed by atoms with Gasteiger partial charge in [-0.15, -0.1) is 0 Å². The molecule has 1 aliphatic heterocycles. The molecule has 0 aliphatic carbocycles. The minimum Gasteiger partial charge on any atom is -0.494 e. The summed E-state index contributed by atoms with van der Waals surface area (Å²) in [4.78, 5) is 2.44. The van der Waals surface area contributed by atoms with Crippen LogP contribution < -0.4 is 4.74 Å². The van der Waals surface area contributed by atoms with Crippen LogP contribution in [0.3, 0.4) is 0 Å². The summed E-state index contributed by atoms with van der Waals surface area (Å²) in [5.74, 6) is 0.997. The largest absolute Gasteiger partial charge is 0.494 e. The van der Waals surface area contributed by atoms with Crippen molar-refractivity contribution in [1.82, 2.24) is 4.90 Å². The first kappa shape index (κ1) is 13.4. The fourth-order valence-corrected chi connectivity index (χ4v) is 2.16. The van der Waals surface area contributed by atoms with Gasteiger partial charge in [0.15, 0.2) is 0 Å². The summed E-state index contributed by atoms with van der Waals surface area (Å²) in [6, 6.07) is 8.37. The molecule has 0 bridgehead atoms. The lowest BCUT2D eigenvalue weighted by Gasteiger charge is -2.26. The Morgan fingerprint density at radius 3 is 2.89 bits per heavy atom. The summed E-state index contributed by atoms with van der Waals surface area (Å²) in [5.41, 5.74) is 1.33. The highest BCUT2D eigenvalue weighted by molar-refractivity contribution is 5.28. The average molecular weight is 249 g/mol. The average Bonchev–Trinajstić information content (AvgIpc) is 2.45. The van der Waals surface area contributed by atoms with E-state index in [1.54, 1.807) is 0 Å². The maximum atomic E-state index is 5.78. The zero-order valence-electron chi connectivity index (χ0n) is 11.2. The van der Waals surface area contributed by atoms with Gasteiger partial charge in [-0.05, 0) is 30.5 Å². The molecule has 100 valence electrons. The normalized spacial score (nSPS) is 16.7. The Balaban J connectivity index is 1.65. The number of benzene rings is 1. The number of morpholine rings is 1. The first-order valence-electron chi connectivity index (χ1n) is 6.90. The van der Waals surface area contributed by atoms with E-state index in [9.17, 15) is 0 Å². The van der Waals surface area contributed by atoms with Gasteiger partial charge in [-0.3, -0.25) is 4.90 Å². The van der Waals surface area contributed by atoms with E-state index in [-0.39, 0.29) is 0 Å². The van der Waals surface area contributed by atoms with Crippen LogP contribution in [-0.2, 0) is 11.2 Å². The summed E-state index contributed by atoms with van der Waals surface area (Å²) >= 11 is 0. The smallest absolute Gasteiger partial charge is 0.119 e. The highest BCUT2D eigenvalue weighted by Crippen LogP contribution is 2.13. The fraction of sp³-hybridized carbons (Fsp3) is 0.600. The summed E-state index contributed by atoms with van der Waals surface area (Å²) in [5, 5.41) is 0. The third-order valence-corrected chi connectivity index (χ3v) is 3.30. The van der Waals surface area contributed by atoms with E-state index in [2.05, 4.69) is 30.0 Å². The zero-order chi connectivity index (χ0) is 12.6. The molecule has 3 nitrogen and oxygen atoms in total. The van der Waals surface area contributed by atoms with Gasteiger partial charge in [0.2, 0.25) is 0 Å². The highest BCUT2D eigenvalue weighted by atomic mass is 16.5. The monoisotopic (exact) mass is 249 g/mol. The lowest BCUT2D eigenvalue weighted by molar-refractivity contribution is 0.0358. The summed E-state index contributed by atoms with van der Waals surface area (Å²) in [6.07, 6.45) is 2.14. The van der Waals surface area contributed by atoms with Crippen LogP contribution in [0.1, 0.15) is 18.9 Å². The van der Waals surface area contributed by atoms with Crippen molar-refractivity contribution in [3.8, 4) is 5.75 Å². The lowest BCUT2D eigenvalue weighted by atomic mass is 10.2. The van der Waals surface area contributed by atoms with Crippen molar-refractivity contribution >= 4 is 0 Å². The van der Waals surface area contributed by atoms with Crippen molar-refractivity contribution in [1.29, 1.82) is 0 Å². The summed E-state index contributed by atoms with van der Waals surface area (Å²) < 4.78 is 11.1. The molecule has 0 radical (unpaired) electrons. The standard InChI is InChI=1S/C15H23NO2/c1-2-14-5-3-6-15(13-14)18-10-4-7-16-8-11-17-12-9-16/h3,5-6,13H,2,4,7-12H2,1H3. The minimum atomic E-state index is 0.796. The Morgan fingerprint density at radius 2 is 2.11 bits per heavy atom. The molecule has 18 heavy (non-hydrogen) atoms. The molecule has 3 heteroatoms. The van der Waals surface area contributed by atoms with Crippen LogP contribution in [-0.4, -0.2) is 44.4 Å². The first-order chi connectivity index (χ1) is 8.88. The molecular formula is C15H23NO2. The second-order valence-electron chi connectivity index (χ2n) is 4.66. The maximum Gasteiger partial charge on any atom is 0.119 e. The first-order valence-corrected chi connectivity index (χ1v) is 6.90. The molecule has 0 amide bonds. The number of ether oxygens (including phenoxy) is 2. The molecule has 1 fully saturated rings. The third kappa shape index (κ3) is 4.31. The predicted molar refractivity (Wildman–Crippen MR) is 73.2 cm³/mol. The number of aryl methyl sites for hydroxylation is 1. The Labute approximate surface area is 110 Å². The third-order valence-electron chi connectivity index (χ3n) is 3.30. The molecule has 0 spiro atoms. The Hall–Kier alpha value is -1.06. The van der Waals surface area contributed by atoms with Crippen molar-refractivity contribution < 1.29 is 9.47 Å². The molecule has 0 unspecified atom stereocenters. The molecule has 0 N–H and O–H groups in total. The van der Waals surface area contributed by atoms with E-state index in [0.29, 0.717) is 0 Å². The van der Waals surface area contributed by atoms with Crippen molar-refractivity contribution in [2.24, 2.45) is 0 Å². The molecule has 1 saturated heterocycles. The Morgan fingerprint density at radius 1 is 1.28 bits per heavy atom. The van der Waals surface area contributed by atoms with Gasteiger partial charge in [-0.1, -0.05) is 19.1 Å². The lowest BCUT2D eigenvalue weighted by Crippen LogP contribution is -2.37. The number of hydrogen-bond acceptors (Lipinski definition) is 3. The highest BCUT2D eigenvalue weighted by Gasteiger charge is 2.09. The summed E-state index contributed by atoms with van der Waals surface area (Å²) in [7, 11) is 0. The van der Waals surface area contributed by atoms with Crippen LogP contribution in [0.5, 0.6) is 5.75 Å². The van der Waals surface area contributed by atoms with Crippen molar-refractivity contribution in [3.63, 3.8) is 0 Å². The van der Waals surface area contributed by atoms with Gasteiger partial charge in [0.25, 0.3) is 0 Å². The van der Waals surface area contributed by atoms with E-state index in [1.165, 1.54) is 5.56 Å². The molecule has 1 aromatic carbocycles. The van der Waals surface area contributed by atoms with Gasteiger partial charge in [-0.2, -0.15) is 0 Å². The fourth-order valence-electron chi connectivity index (χ4n) is 2.16. The van der Waals surface area contributed by atoms with E-state index in [0.717, 1.165) is 58.0 Å². The van der Waals surface area contributed by atoms with Crippen molar-refractivity contribution in [3.05, 3.63) is 29.8 Å². The number of hydrogen-bond donors (Lipinski definition) is 0. The SMILES string of the molecule is CCc1cccc(OCCCN2CCOCC2)c1.